The van der Waals surface area contributed by atoms with E-state index in [0.717, 1.165) is 18.4 Å². The van der Waals surface area contributed by atoms with E-state index in [1.165, 1.54) is 16.4 Å². The van der Waals surface area contributed by atoms with E-state index in [4.69, 9.17) is 0 Å². The van der Waals surface area contributed by atoms with E-state index in [1.807, 2.05) is 6.92 Å². The van der Waals surface area contributed by atoms with Crippen LogP contribution in [0.4, 0.5) is 4.39 Å². The Balaban J connectivity index is 2.28. The second kappa shape index (κ2) is 5.36. The predicted molar refractivity (Wildman–Crippen MR) is 69.2 cm³/mol. The van der Waals surface area contributed by atoms with Gasteiger partial charge in [0.1, 0.15) is 5.82 Å². The first-order chi connectivity index (χ1) is 8.54. The van der Waals surface area contributed by atoms with Crippen LogP contribution in [0.15, 0.2) is 24.3 Å². The maximum atomic E-state index is 13.2. The minimum Gasteiger partial charge on any atom is -0.212 e. The zero-order valence-electron chi connectivity index (χ0n) is 10.5. The van der Waals surface area contributed by atoms with Gasteiger partial charge in [-0.2, -0.15) is 4.31 Å². The number of benzene rings is 1. The smallest absolute Gasteiger partial charge is 0.212 e. The first-order valence-corrected chi connectivity index (χ1v) is 7.90. The van der Waals surface area contributed by atoms with E-state index in [1.54, 1.807) is 12.1 Å². The molecule has 1 fully saturated rings. The summed E-state index contributed by atoms with van der Waals surface area (Å²) in [6.45, 7) is 2.40. The van der Waals surface area contributed by atoms with E-state index < -0.39 is 10.0 Å². The lowest BCUT2D eigenvalue weighted by atomic mass is 10.1. The minimum atomic E-state index is -3.21. The Morgan fingerprint density at radius 1 is 1.44 bits per heavy atom. The summed E-state index contributed by atoms with van der Waals surface area (Å²) >= 11 is 0. The molecule has 1 heterocycles. The van der Waals surface area contributed by atoms with Crippen LogP contribution in [-0.2, 0) is 10.0 Å². The zero-order chi connectivity index (χ0) is 13.2. The van der Waals surface area contributed by atoms with Crippen LogP contribution in [0.25, 0.3) is 0 Å². The lowest BCUT2D eigenvalue weighted by Crippen LogP contribution is -2.32. The monoisotopic (exact) mass is 271 g/mol. The summed E-state index contributed by atoms with van der Waals surface area (Å²) in [5.74, 6) is -0.147. The lowest BCUT2D eigenvalue weighted by molar-refractivity contribution is 0.395. The zero-order valence-corrected chi connectivity index (χ0v) is 11.3. The van der Waals surface area contributed by atoms with Crippen molar-refractivity contribution in [2.75, 3.05) is 12.3 Å². The van der Waals surface area contributed by atoms with Gasteiger partial charge < -0.3 is 0 Å². The van der Waals surface area contributed by atoms with Gasteiger partial charge in [-0.15, -0.1) is 0 Å². The van der Waals surface area contributed by atoms with Gasteiger partial charge in [0, 0.05) is 12.6 Å². The van der Waals surface area contributed by atoms with Crippen molar-refractivity contribution in [1.82, 2.24) is 4.31 Å². The van der Waals surface area contributed by atoms with Crippen molar-refractivity contribution in [3.63, 3.8) is 0 Å². The molecule has 0 bridgehead atoms. The third-order valence-corrected chi connectivity index (χ3v) is 5.33. The molecule has 1 aromatic carbocycles. The Morgan fingerprint density at radius 3 is 2.89 bits per heavy atom. The van der Waals surface area contributed by atoms with Gasteiger partial charge >= 0.3 is 0 Å². The third kappa shape index (κ3) is 2.72. The molecule has 0 amide bonds. The average molecular weight is 271 g/mol. The Kier molecular flexibility index (Phi) is 4.02. The molecule has 1 unspecified atom stereocenters. The van der Waals surface area contributed by atoms with E-state index >= 15 is 0 Å². The van der Waals surface area contributed by atoms with Crippen molar-refractivity contribution in [3.8, 4) is 0 Å². The van der Waals surface area contributed by atoms with Crippen molar-refractivity contribution >= 4 is 10.0 Å². The standard InChI is InChI=1S/C13H18FNO2S/c1-2-9-18(16,17)15-8-4-7-13(15)11-5-3-6-12(14)10-11/h3,5-6,10,13H,2,4,7-9H2,1H3. The molecule has 0 aliphatic carbocycles. The molecule has 1 saturated heterocycles. The summed E-state index contributed by atoms with van der Waals surface area (Å²) in [7, 11) is -3.21. The van der Waals surface area contributed by atoms with Crippen molar-refractivity contribution in [3.05, 3.63) is 35.6 Å². The molecular weight excluding hydrogens is 253 g/mol. The highest BCUT2D eigenvalue weighted by Crippen LogP contribution is 2.34. The number of rotatable bonds is 4. The molecule has 1 aromatic rings. The van der Waals surface area contributed by atoms with Crippen molar-refractivity contribution < 1.29 is 12.8 Å². The Morgan fingerprint density at radius 2 is 2.22 bits per heavy atom. The SMILES string of the molecule is CCCS(=O)(=O)N1CCCC1c1cccc(F)c1. The maximum Gasteiger partial charge on any atom is 0.214 e. The van der Waals surface area contributed by atoms with Crippen LogP contribution in [0, 0.1) is 5.82 Å². The molecule has 5 heteroatoms. The summed E-state index contributed by atoms with van der Waals surface area (Å²) < 4.78 is 39.0. The van der Waals surface area contributed by atoms with Gasteiger partial charge in [-0.05, 0) is 37.0 Å². The van der Waals surface area contributed by atoms with Gasteiger partial charge in [-0.3, -0.25) is 0 Å². The van der Waals surface area contributed by atoms with Crippen molar-refractivity contribution in [2.24, 2.45) is 0 Å². The fourth-order valence-corrected chi connectivity index (χ4v) is 4.27. The van der Waals surface area contributed by atoms with Gasteiger partial charge in [0.15, 0.2) is 0 Å². The molecule has 0 spiro atoms. The highest BCUT2D eigenvalue weighted by Gasteiger charge is 2.34. The highest BCUT2D eigenvalue weighted by molar-refractivity contribution is 7.89. The van der Waals surface area contributed by atoms with E-state index in [0.29, 0.717) is 13.0 Å². The topological polar surface area (TPSA) is 37.4 Å². The quantitative estimate of drug-likeness (QED) is 0.844. The summed E-state index contributed by atoms with van der Waals surface area (Å²) in [6, 6.07) is 6.05. The van der Waals surface area contributed by atoms with Crippen LogP contribution in [0.5, 0.6) is 0 Å². The van der Waals surface area contributed by atoms with Gasteiger partial charge in [0.2, 0.25) is 10.0 Å². The minimum absolute atomic E-state index is 0.165. The molecular formula is C13H18FNO2S. The van der Waals surface area contributed by atoms with Crippen molar-refractivity contribution in [2.45, 2.75) is 32.2 Å². The highest BCUT2D eigenvalue weighted by atomic mass is 32.2. The largest absolute Gasteiger partial charge is 0.214 e. The fraction of sp³-hybridized carbons (Fsp3) is 0.538. The Labute approximate surface area is 108 Å². The van der Waals surface area contributed by atoms with Crippen LogP contribution in [-0.4, -0.2) is 25.0 Å². The average Bonchev–Trinajstić information content (AvgIpc) is 2.78. The van der Waals surface area contributed by atoms with E-state index in [2.05, 4.69) is 0 Å². The number of sulfonamides is 1. The first-order valence-electron chi connectivity index (χ1n) is 6.29. The maximum absolute atomic E-state index is 13.2. The lowest BCUT2D eigenvalue weighted by Gasteiger charge is -2.24. The van der Waals surface area contributed by atoms with Crippen molar-refractivity contribution in [1.29, 1.82) is 0 Å². The molecule has 0 N–H and O–H groups in total. The molecule has 1 aliphatic heterocycles. The summed E-state index contributed by atoms with van der Waals surface area (Å²) in [5.41, 5.74) is 0.757. The number of hydrogen-bond acceptors (Lipinski definition) is 2. The first kappa shape index (κ1) is 13.5. The Bertz CT molecular complexity index is 515. The molecule has 18 heavy (non-hydrogen) atoms. The third-order valence-electron chi connectivity index (χ3n) is 3.26. The van der Waals surface area contributed by atoms with Crippen LogP contribution < -0.4 is 0 Å². The number of halogens is 1. The summed E-state index contributed by atoms with van der Waals surface area (Å²) in [6.07, 6.45) is 2.21. The van der Waals surface area contributed by atoms with Crippen LogP contribution >= 0.6 is 0 Å². The van der Waals surface area contributed by atoms with Crippen LogP contribution in [0.2, 0.25) is 0 Å². The molecule has 2 rings (SSSR count). The van der Waals surface area contributed by atoms with Crippen LogP contribution in [0.3, 0.4) is 0 Å². The molecule has 1 aliphatic rings. The van der Waals surface area contributed by atoms with Gasteiger partial charge in [-0.25, -0.2) is 12.8 Å². The van der Waals surface area contributed by atoms with Gasteiger partial charge in [-0.1, -0.05) is 19.1 Å². The molecule has 0 saturated carbocycles. The van der Waals surface area contributed by atoms with E-state index in [-0.39, 0.29) is 17.6 Å². The number of nitrogens with zero attached hydrogens (tertiary/aromatic N) is 1. The van der Waals surface area contributed by atoms with Gasteiger partial charge in [0.25, 0.3) is 0 Å². The predicted octanol–water partition coefficient (Wildman–Crippen LogP) is 2.70. The molecule has 0 radical (unpaired) electrons. The molecule has 3 nitrogen and oxygen atoms in total. The summed E-state index contributed by atoms with van der Waals surface area (Å²) in [4.78, 5) is 0. The molecule has 0 aromatic heterocycles. The summed E-state index contributed by atoms with van der Waals surface area (Å²) in [5, 5.41) is 0. The second-order valence-electron chi connectivity index (χ2n) is 4.64. The molecule has 100 valence electrons. The molecule has 1 atom stereocenters. The van der Waals surface area contributed by atoms with Gasteiger partial charge in [0.05, 0.1) is 5.75 Å². The Hall–Kier alpha value is -0.940. The normalized spacial score (nSPS) is 21.3. The fourth-order valence-electron chi connectivity index (χ4n) is 2.50. The van der Waals surface area contributed by atoms with Crippen LogP contribution in [0.1, 0.15) is 37.8 Å². The second-order valence-corrected chi connectivity index (χ2v) is 6.68. The number of hydrogen-bond donors (Lipinski definition) is 0. The van der Waals surface area contributed by atoms with E-state index in [9.17, 15) is 12.8 Å².